The minimum absolute atomic E-state index is 0.000887. The summed E-state index contributed by atoms with van der Waals surface area (Å²) in [6.45, 7) is 0.847. The molecular formula is C9H14ClNO2. The molecule has 0 N–H and O–H groups in total. The summed E-state index contributed by atoms with van der Waals surface area (Å²) in [4.78, 5) is 13.0. The van der Waals surface area contributed by atoms with Crippen molar-refractivity contribution in [2.45, 2.75) is 30.9 Å². The van der Waals surface area contributed by atoms with Crippen LogP contribution < -0.4 is 0 Å². The molecule has 2 rings (SSSR count). The number of hydrogen-bond donors (Lipinski definition) is 0. The maximum absolute atomic E-state index is 11.3. The quantitative estimate of drug-likeness (QED) is 0.627. The van der Waals surface area contributed by atoms with Crippen LogP contribution in [0.15, 0.2) is 0 Å². The maximum atomic E-state index is 11.3. The van der Waals surface area contributed by atoms with E-state index in [0.29, 0.717) is 0 Å². The molecule has 1 unspecified atom stereocenters. The van der Waals surface area contributed by atoms with E-state index in [1.807, 2.05) is 7.05 Å². The molecule has 0 radical (unpaired) electrons. The summed E-state index contributed by atoms with van der Waals surface area (Å²) in [5, 5.41) is 0. The van der Waals surface area contributed by atoms with E-state index in [2.05, 4.69) is 0 Å². The van der Waals surface area contributed by atoms with Crippen molar-refractivity contribution >= 4 is 17.5 Å². The molecule has 2 fully saturated rings. The molecule has 1 saturated carbocycles. The molecule has 1 amide bonds. The Bertz CT molecular complexity index is 226. The predicted octanol–water partition coefficient (Wildman–Crippen LogP) is 1.01. The third-order valence-corrected chi connectivity index (χ3v) is 3.32. The number of hydrogen-bond acceptors (Lipinski definition) is 2. The van der Waals surface area contributed by atoms with Crippen LogP contribution in [-0.4, -0.2) is 42.0 Å². The summed E-state index contributed by atoms with van der Waals surface area (Å²) in [6.07, 6.45) is 3.21. The predicted molar refractivity (Wildman–Crippen MR) is 49.8 cm³/mol. The number of nitrogens with zero attached hydrogens (tertiary/aromatic N) is 1. The molecule has 0 aromatic carbocycles. The van der Waals surface area contributed by atoms with Crippen LogP contribution in [0.2, 0.25) is 0 Å². The van der Waals surface area contributed by atoms with Gasteiger partial charge in [-0.1, -0.05) is 0 Å². The first-order valence-electron chi connectivity index (χ1n) is 4.65. The largest absolute Gasteiger partial charge is 0.373 e. The highest BCUT2D eigenvalue weighted by Crippen LogP contribution is 2.50. The molecule has 1 saturated heterocycles. The average Bonchev–Trinajstić information content (AvgIpc) is 2.62. The molecule has 1 aliphatic heterocycles. The zero-order valence-electron chi connectivity index (χ0n) is 7.75. The molecule has 1 spiro atoms. The summed E-state index contributed by atoms with van der Waals surface area (Å²) in [5.74, 6) is 0.0716. The van der Waals surface area contributed by atoms with Gasteiger partial charge in [0.2, 0.25) is 5.91 Å². The highest BCUT2D eigenvalue weighted by molar-refractivity contribution is 6.27. The highest BCUT2D eigenvalue weighted by Gasteiger charge is 2.60. The van der Waals surface area contributed by atoms with E-state index in [1.165, 1.54) is 0 Å². The Morgan fingerprint density at radius 3 is 3.08 bits per heavy atom. The van der Waals surface area contributed by atoms with Gasteiger partial charge in [0.15, 0.2) is 0 Å². The van der Waals surface area contributed by atoms with E-state index in [4.69, 9.17) is 16.3 Å². The SMILES string of the molecule is CN(C(=O)CCl)[C@@H]1CC12CCCO2. The number of rotatable bonds is 2. The number of alkyl halides is 1. The lowest BCUT2D eigenvalue weighted by Gasteiger charge is -2.18. The Labute approximate surface area is 83.0 Å². The Kier molecular flexibility index (Phi) is 2.24. The van der Waals surface area contributed by atoms with Crippen molar-refractivity contribution in [2.24, 2.45) is 0 Å². The number of amides is 1. The lowest BCUT2D eigenvalue weighted by Crippen LogP contribution is -2.34. The summed E-state index contributed by atoms with van der Waals surface area (Å²) >= 11 is 5.48. The lowest BCUT2D eigenvalue weighted by molar-refractivity contribution is -0.128. The molecule has 1 heterocycles. The third-order valence-electron chi connectivity index (χ3n) is 3.10. The van der Waals surface area contributed by atoms with Crippen molar-refractivity contribution in [2.75, 3.05) is 19.5 Å². The fraction of sp³-hybridized carbons (Fsp3) is 0.889. The van der Waals surface area contributed by atoms with E-state index in [-0.39, 0.29) is 23.4 Å². The van der Waals surface area contributed by atoms with Crippen molar-refractivity contribution in [3.8, 4) is 0 Å². The first kappa shape index (κ1) is 9.28. The Balaban J connectivity index is 1.94. The molecular weight excluding hydrogens is 190 g/mol. The fourth-order valence-electron chi connectivity index (χ4n) is 2.17. The van der Waals surface area contributed by atoms with E-state index in [9.17, 15) is 4.79 Å². The molecule has 4 heteroatoms. The standard InChI is InChI=1S/C9H14ClNO2/c1-11(8(12)6-10)7-5-9(7)3-2-4-13-9/h7H,2-6H2,1H3/t7-,9?/m1/s1. The third kappa shape index (κ3) is 1.44. The number of ether oxygens (including phenoxy) is 1. The van der Waals surface area contributed by atoms with Crippen LogP contribution in [0.1, 0.15) is 19.3 Å². The van der Waals surface area contributed by atoms with Gasteiger partial charge < -0.3 is 9.64 Å². The molecule has 0 aromatic heterocycles. The van der Waals surface area contributed by atoms with Gasteiger partial charge in [0.25, 0.3) is 0 Å². The van der Waals surface area contributed by atoms with Crippen LogP contribution in [0.3, 0.4) is 0 Å². The summed E-state index contributed by atoms with van der Waals surface area (Å²) in [6, 6.07) is 0.279. The molecule has 3 nitrogen and oxygen atoms in total. The normalized spacial score (nSPS) is 36.6. The first-order valence-corrected chi connectivity index (χ1v) is 5.19. The molecule has 0 bridgehead atoms. The van der Waals surface area contributed by atoms with Gasteiger partial charge in [0.05, 0.1) is 11.6 Å². The van der Waals surface area contributed by atoms with E-state index in [1.54, 1.807) is 4.90 Å². The summed E-state index contributed by atoms with van der Waals surface area (Å²) in [7, 11) is 1.81. The molecule has 2 aliphatic rings. The van der Waals surface area contributed by atoms with Crippen LogP contribution in [0.25, 0.3) is 0 Å². The van der Waals surface area contributed by atoms with Crippen molar-refractivity contribution in [3.05, 3.63) is 0 Å². The lowest BCUT2D eigenvalue weighted by atomic mass is 10.2. The van der Waals surface area contributed by atoms with Gasteiger partial charge in [0, 0.05) is 20.1 Å². The Hall–Kier alpha value is -0.280. The summed E-state index contributed by atoms with van der Waals surface area (Å²) < 4.78 is 5.64. The van der Waals surface area contributed by atoms with Gasteiger partial charge in [-0.3, -0.25) is 4.79 Å². The van der Waals surface area contributed by atoms with Gasteiger partial charge >= 0.3 is 0 Å². The van der Waals surface area contributed by atoms with Crippen LogP contribution in [0, 0.1) is 0 Å². The van der Waals surface area contributed by atoms with Crippen LogP contribution in [0.5, 0.6) is 0 Å². The van der Waals surface area contributed by atoms with Crippen molar-refractivity contribution < 1.29 is 9.53 Å². The van der Waals surface area contributed by atoms with E-state index in [0.717, 1.165) is 25.9 Å². The fourth-order valence-corrected chi connectivity index (χ4v) is 2.36. The minimum Gasteiger partial charge on any atom is -0.373 e. The monoisotopic (exact) mass is 203 g/mol. The molecule has 13 heavy (non-hydrogen) atoms. The first-order chi connectivity index (χ1) is 6.19. The topological polar surface area (TPSA) is 29.5 Å². The zero-order chi connectivity index (χ0) is 9.47. The molecule has 2 atom stereocenters. The second-order valence-corrected chi connectivity index (χ2v) is 4.14. The van der Waals surface area contributed by atoms with E-state index < -0.39 is 0 Å². The molecule has 74 valence electrons. The average molecular weight is 204 g/mol. The number of carbonyl (C=O) groups is 1. The van der Waals surface area contributed by atoms with Crippen molar-refractivity contribution in [3.63, 3.8) is 0 Å². The zero-order valence-corrected chi connectivity index (χ0v) is 8.51. The number of carbonyl (C=O) groups excluding carboxylic acids is 1. The molecule has 0 aromatic rings. The number of likely N-dealkylation sites (N-methyl/N-ethyl adjacent to an activating group) is 1. The Morgan fingerprint density at radius 2 is 2.54 bits per heavy atom. The van der Waals surface area contributed by atoms with Gasteiger partial charge in [0.1, 0.15) is 5.88 Å². The summed E-state index contributed by atoms with van der Waals surface area (Å²) in [5.41, 5.74) is 0.0104. The second kappa shape index (κ2) is 3.14. The maximum Gasteiger partial charge on any atom is 0.237 e. The van der Waals surface area contributed by atoms with Gasteiger partial charge in [-0.2, -0.15) is 0 Å². The van der Waals surface area contributed by atoms with Gasteiger partial charge in [-0.05, 0) is 12.8 Å². The second-order valence-electron chi connectivity index (χ2n) is 3.87. The van der Waals surface area contributed by atoms with Crippen LogP contribution in [-0.2, 0) is 9.53 Å². The van der Waals surface area contributed by atoms with Crippen LogP contribution in [0.4, 0.5) is 0 Å². The van der Waals surface area contributed by atoms with Gasteiger partial charge in [-0.15, -0.1) is 11.6 Å². The highest BCUT2D eigenvalue weighted by atomic mass is 35.5. The van der Waals surface area contributed by atoms with Crippen molar-refractivity contribution in [1.82, 2.24) is 4.90 Å². The smallest absolute Gasteiger partial charge is 0.237 e. The van der Waals surface area contributed by atoms with E-state index >= 15 is 0 Å². The van der Waals surface area contributed by atoms with Gasteiger partial charge in [-0.25, -0.2) is 0 Å². The van der Waals surface area contributed by atoms with Crippen molar-refractivity contribution in [1.29, 1.82) is 0 Å². The Morgan fingerprint density at radius 1 is 1.77 bits per heavy atom. The number of halogens is 1. The van der Waals surface area contributed by atoms with Crippen LogP contribution >= 0.6 is 11.6 Å². The minimum atomic E-state index is -0.000887. The molecule has 1 aliphatic carbocycles.